The summed E-state index contributed by atoms with van der Waals surface area (Å²) in [4.78, 5) is 4.20. The molecule has 2 aromatic rings. The van der Waals surface area contributed by atoms with Crippen molar-refractivity contribution in [3.05, 3.63) is 47.5 Å². The van der Waals surface area contributed by atoms with E-state index in [4.69, 9.17) is 0 Å². The zero-order valence-electron chi connectivity index (χ0n) is 16.1. The van der Waals surface area contributed by atoms with Gasteiger partial charge >= 0.3 is 6.18 Å². The Morgan fingerprint density at radius 3 is 2.71 bits per heavy atom. The first-order valence-electron chi connectivity index (χ1n) is 9.37. The molecule has 0 radical (unpaired) electrons. The Kier molecular flexibility index (Phi) is 5.90. The minimum atomic E-state index is -4.32. The summed E-state index contributed by atoms with van der Waals surface area (Å²) in [6.45, 7) is 3.91. The molecule has 2 N–H and O–H groups in total. The number of benzene rings is 1. The lowest BCUT2D eigenvalue weighted by atomic mass is 9.94. The number of alkyl halides is 3. The molecule has 1 fully saturated rings. The van der Waals surface area contributed by atoms with Crippen LogP contribution in [-0.2, 0) is 24.6 Å². The fourth-order valence-electron chi connectivity index (χ4n) is 3.25. The highest BCUT2D eigenvalue weighted by molar-refractivity contribution is 5.79. The highest BCUT2D eigenvalue weighted by Crippen LogP contribution is 2.48. The lowest BCUT2D eigenvalue weighted by Gasteiger charge is -2.20. The van der Waals surface area contributed by atoms with Crippen molar-refractivity contribution in [1.82, 2.24) is 25.4 Å². The van der Waals surface area contributed by atoms with E-state index in [1.807, 2.05) is 11.5 Å². The van der Waals surface area contributed by atoms with E-state index < -0.39 is 11.7 Å². The Balaban J connectivity index is 1.55. The van der Waals surface area contributed by atoms with Gasteiger partial charge in [-0.15, -0.1) is 10.2 Å². The minimum absolute atomic E-state index is 0.261. The van der Waals surface area contributed by atoms with Crippen molar-refractivity contribution in [2.24, 2.45) is 4.99 Å². The van der Waals surface area contributed by atoms with Crippen LogP contribution in [-0.4, -0.2) is 40.9 Å². The zero-order chi connectivity index (χ0) is 20.2. The van der Waals surface area contributed by atoms with Crippen LogP contribution in [0.1, 0.15) is 36.7 Å². The van der Waals surface area contributed by atoms with Crippen LogP contribution in [0.15, 0.2) is 35.6 Å². The van der Waals surface area contributed by atoms with E-state index in [0.29, 0.717) is 25.6 Å². The summed E-state index contributed by atoms with van der Waals surface area (Å²) in [5, 5.41) is 14.4. The van der Waals surface area contributed by atoms with Gasteiger partial charge in [-0.3, -0.25) is 4.99 Å². The fraction of sp³-hybridized carbons (Fsp3) is 0.526. The Labute approximate surface area is 162 Å². The summed E-state index contributed by atoms with van der Waals surface area (Å²) in [6.07, 6.45) is -0.0929. The predicted octanol–water partition coefficient (Wildman–Crippen LogP) is 2.76. The molecule has 1 aliphatic rings. The number of nitrogens with zero attached hydrogens (tertiary/aromatic N) is 4. The van der Waals surface area contributed by atoms with Gasteiger partial charge < -0.3 is 15.2 Å². The van der Waals surface area contributed by atoms with Crippen molar-refractivity contribution >= 4 is 5.96 Å². The summed E-state index contributed by atoms with van der Waals surface area (Å²) in [6, 6.07) is 5.64. The van der Waals surface area contributed by atoms with E-state index in [1.165, 1.54) is 12.1 Å². The maximum Gasteiger partial charge on any atom is 0.416 e. The number of aliphatic imine (C=N–C) groups is 1. The van der Waals surface area contributed by atoms with Gasteiger partial charge in [-0.25, -0.2) is 0 Å². The maximum atomic E-state index is 13.0. The molecular formula is C19H25F3N6. The quantitative estimate of drug-likeness (QED) is 0.560. The van der Waals surface area contributed by atoms with Gasteiger partial charge in [0.2, 0.25) is 0 Å². The largest absolute Gasteiger partial charge is 0.416 e. The molecule has 0 unspecified atom stereocenters. The highest BCUT2D eigenvalue weighted by atomic mass is 19.4. The third-order valence-electron chi connectivity index (χ3n) is 5.13. The summed E-state index contributed by atoms with van der Waals surface area (Å²) >= 11 is 0. The van der Waals surface area contributed by atoms with Crippen LogP contribution in [0.25, 0.3) is 0 Å². The molecule has 1 heterocycles. The smallest absolute Gasteiger partial charge is 0.356 e. The normalized spacial score (nSPS) is 16.1. The van der Waals surface area contributed by atoms with Crippen molar-refractivity contribution in [3.63, 3.8) is 0 Å². The molecule has 152 valence electrons. The van der Waals surface area contributed by atoms with Crippen LogP contribution in [0.2, 0.25) is 0 Å². The second kappa shape index (κ2) is 8.20. The molecule has 0 saturated heterocycles. The third kappa shape index (κ3) is 4.63. The van der Waals surface area contributed by atoms with Crippen LogP contribution in [0, 0.1) is 0 Å². The standard InChI is InChI=1S/C19H25F3N6/c1-3-16-27-26-13-28(16)10-9-24-17(23-2)25-12-18(7-8-18)14-5-4-6-15(11-14)19(20,21)22/h4-6,11,13H,3,7-10,12H2,1-2H3,(H2,23,24,25). The fourth-order valence-corrected chi connectivity index (χ4v) is 3.25. The molecule has 0 bridgehead atoms. The van der Waals surface area contributed by atoms with Gasteiger partial charge in [0.1, 0.15) is 12.2 Å². The molecule has 9 heteroatoms. The average Bonchev–Trinajstić information content (AvgIpc) is 3.34. The van der Waals surface area contributed by atoms with Gasteiger partial charge in [0.15, 0.2) is 5.96 Å². The third-order valence-corrected chi connectivity index (χ3v) is 5.13. The molecule has 6 nitrogen and oxygen atoms in total. The van der Waals surface area contributed by atoms with E-state index in [1.54, 1.807) is 19.4 Å². The van der Waals surface area contributed by atoms with Gasteiger partial charge in [0.05, 0.1) is 5.56 Å². The van der Waals surface area contributed by atoms with Crippen LogP contribution >= 0.6 is 0 Å². The summed E-state index contributed by atoms with van der Waals surface area (Å²) in [5.74, 6) is 1.55. The maximum absolute atomic E-state index is 13.0. The molecular weight excluding hydrogens is 369 g/mol. The number of hydrogen-bond donors (Lipinski definition) is 2. The number of hydrogen-bond acceptors (Lipinski definition) is 3. The van der Waals surface area contributed by atoms with E-state index in [0.717, 1.165) is 36.7 Å². The van der Waals surface area contributed by atoms with Crippen LogP contribution in [0.3, 0.4) is 0 Å². The van der Waals surface area contributed by atoms with Crippen LogP contribution in [0.5, 0.6) is 0 Å². The van der Waals surface area contributed by atoms with Gasteiger partial charge in [-0.1, -0.05) is 25.1 Å². The van der Waals surface area contributed by atoms with Crippen molar-refractivity contribution in [3.8, 4) is 0 Å². The number of guanidine groups is 1. The topological polar surface area (TPSA) is 67.1 Å². The second-order valence-electron chi connectivity index (χ2n) is 7.01. The van der Waals surface area contributed by atoms with Crippen LogP contribution in [0.4, 0.5) is 13.2 Å². The molecule has 28 heavy (non-hydrogen) atoms. The first-order valence-corrected chi connectivity index (χ1v) is 9.37. The Hall–Kier alpha value is -2.58. The van der Waals surface area contributed by atoms with Crippen molar-refractivity contribution in [1.29, 1.82) is 0 Å². The van der Waals surface area contributed by atoms with Gasteiger partial charge in [-0.2, -0.15) is 13.2 Å². The molecule has 3 rings (SSSR count). The minimum Gasteiger partial charge on any atom is -0.356 e. The molecule has 0 aliphatic heterocycles. The number of aryl methyl sites for hydroxylation is 1. The molecule has 1 aliphatic carbocycles. The number of halogens is 3. The van der Waals surface area contributed by atoms with Crippen molar-refractivity contribution in [2.75, 3.05) is 20.1 Å². The first kappa shape index (κ1) is 20.2. The van der Waals surface area contributed by atoms with Gasteiger partial charge in [-0.05, 0) is 24.5 Å². The van der Waals surface area contributed by atoms with Gasteiger partial charge in [0, 0.05) is 38.5 Å². The highest BCUT2D eigenvalue weighted by Gasteiger charge is 2.45. The molecule has 0 spiro atoms. The molecule has 1 saturated carbocycles. The molecule has 0 atom stereocenters. The zero-order valence-corrected chi connectivity index (χ0v) is 16.1. The lowest BCUT2D eigenvalue weighted by molar-refractivity contribution is -0.137. The summed E-state index contributed by atoms with van der Waals surface area (Å²) in [5.41, 5.74) is -0.135. The lowest BCUT2D eigenvalue weighted by Crippen LogP contribution is -2.42. The second-order valence-corrected chi connectivity index (χ2v) is 7.01. The summed E-state index contributed by atoms with van der Waals surface area (Å²) < 4.78 is 41.0. The Morgan fingerprint density at radius 1 is 1.29 bits per heavy atom. The van der Waals surface area contributed by atoms with Crippen molar-refractivity contribution < 1.29 is 13.2 Å². The Morgan fingerprint density at radius 2 is 2.07 bits per heavy atom. The van der Waals surface area contributed by atoms with Crippen molar-refractivity contribution in [2.45, 2.75) is 44.3 Å². The van der Waals surface area contributed by atoms with Gasteiger partial charge in [0.25, 0.3) is 0 Å². The number of aromatic nitrogens is 3. The predicted molar refractivity (Wildman–Crippen MR) is 101 cm³/mol. The van der Waals surface area contributed by atoms with E-state index in [9.17, 15) is 13.2 Å². The summed E-state index contributed by atoms with van der Waals surface area (Å²) in [7, 11) is 1.68. The SMILES string of the molecule is CCc1nncn1CCNC(=NC)NCC1(c2cccc(C(F)(F)F)c2)CC1. The molecule has 1 aromatic heterocycles. The van der Waals surface area contributed by atoms with E-state index >= 15 is 0 Å². The first-order chi connectivity index (χ1) is 13.4. The Bertz CT molecular complexity index is 823. The molecule has 1 aromatic carbocycles. The van der Waals surface area contributed by atoms with E-state index in [-0.39, 0.29) is 5.41 Å². The number of rotatable bonds is 7. The number of nitrogens with one attached hydrogen (secondary N) is 2. The molecule has 0 amide bonds. The van der Waals surface area contributed by atoms with Crippen LogP contribution < -0.4 is 10.6 Å². The monoisotopic (exact) mass is 394 g/mol. The van der Waals surface area contributed by atoms with E-state index in [2.05, 4.69) is 25.8 Å². The average molecular weight is 394 g/mol.